The van der Waals surface area contributed by atoms with E-state index in [2.05, 4.69) is 29.5 Å². The number of pyridine rings is 1. The van der Waals surface area contributed by atoms with Gasteiger partial charge in [-0.1, -0.05) is 13.8 Å². The molecule has 4 nitrogen and oxygen atoms in total. The summed E-state index contributed by atoms with van der Waals surface area (Å²) in [7, 11) is 0. The van der Waals surface area contributed by atoms with Gasteiger partial charge in [-0.25, -0.2) is 4.98 Å². The van der Waals surface area contributed by atoms with Gasteiger partial charge in [0.1, 0.15) is 5.82 Å². The normalized spacial score (nSPS) is 11.2. The maximum atomic E-state index is 12.2. The van der Waals surface area contributed by atoms with Crippen molar-refractivity contribution in [1.82, 2.24) is 10.3 Å². The van der Waals surface area contributed by atoms with Crippen molar-refractivity contribution in [2.24, 2.45) is 0 Å². The number of nitrogens with one attached hydrogen (secondary N) is 2. The van der Waals surface area contributed by atoms with Gasteiger partial charge >= 0.3 is 0 Å². The molecule has 0 aliphatic heterocycles. The maximum absolute atomic E-state index is 12.2. The van der Waals surface area contributed by atoms with Crippen molar-refractivity contribution in [3.8, 4) is 0 Å². The number of hydrogen-bond donors (Lipinski definition) is 2. The van der Waals surface area contributed by atoms with Crippen LogP contribution in [0.15, 0.2) is 12.1 Å². The van der Waals surface area contributed by atoms with Crippen LogP contribution in [-0.2, 0) is 0 Å². The van der Waals surface area contributed by atoms with Gasteiger partial charge in [-0.15, -0.1) is 0 Å². The third-order valence-electron chi connectivity index (χ3n) is 3.11. The molecule has 106 valence electrons. The van der Waals surface area contributed by atoms with Gasteiger partial charge in [0.2, 0.25) is 0 Å². The average molecular weight is 263 g/mol. The predicted molar refractivity (Wildman–Crippen MR) is 79.6 cm³/mol. The fourth-order valence-electron chi connectivity index (χ4n) is 1.61. The largest absolute Gasteiger partial charge is 0.370 e. The van der Waals surface area contributed by atoms with E-state index in [1.54, 1.807) is 0 Å². The molecule has 0 unspecified atom stereocenters. The first-order valence-corrected chi connectivity index (χ1v) is 6.93. The molecule has 0 atom stereocenters. The van der Waals surface area contributed by atoms with E-state index in [9.17, 15) is 4.79 Å². The van der Waals surface area contributed by atoms with Gasteiger partial charge in [0.15, 0.2) is 0 Å². The Kier molecular flexibility index (Phi) is 5.33. The highest BCUT2D eigenvalue weighted by Crippen LogP contribution is 2.13. The van der Waals surface area contributed by atoms with Crippen molar-refractivity contribution in [2.45, 2.75) is 53.0 Å². The van der Waals surface area contributed by atoms with Crippen LogP contribution in [0.25, 0.3) is 0 Å². The number of carbonyl (C=O) groups is 1. The van der Waals surface area contributed by atoms with Crippen molar-refractivity contribution in [2.75, 3.05) is 11.9 Å². The van der Waals surface area contributed by atoms with E-state index in [1.807, 2.05) is 32.9 Å². The molecule has 0 aromatic carbocycles. The number of aromatic nitrogens is 1. The first-order chi connectivity index (χ1) is 8.88. The molecule has 1 aromatic heterocycles. The van der Waals surface area contributed by atoms with Crippen molar-refractivity contribution in [1.29, 1.82) is 0 Å². The standard InChI is InChI=1S/C15H25N3O/c1-6-8-16-13-10-12(9-11(3)17-13)14(19)18-15(4,5)7-2/h9-10H,6-8H2,1-5H3,(H,16,17)(H,18,19). The summed E-state index contributed by atoms with van der Waals surface area (Å²) in [6.45, 7) is 11.0. The second-order valence-corrected chi connectivity index (χ2v) is 5.50. The van der Waals surface area contributed by atoms with Crippen LogP contribution in [0.5, 0.6) is 0 Å². The van der Waals surface area contributed by atoms with E-state index >= 15 is 0 Å². The highest BCUT2D eigenvalue weighted by Gasteiger charge is 2.19. The van der Waals surface area contributed by atoms with Crippen LogP contribution in [0.3, 0.4) is 0 Å². The minimum atomic E-state index is -0.189. The number of hydrogen-bond acceptors (Lipinski definition) is 3. The Labute approximate surface area is 116 Å². The van der Waals surface area contributed by atoms with Gasteiger partial charge in [0.05, 0.1) is 0 Å². The predicted octanol–water partition coefficient (Wildman–Crippen LogP) is 3.13. The fraction of sp³-hybridized carbons (Fsp3) is 0.600. The van der Waals surface area contributed by atoms with Crippen LogP contribution in [0.2, 0.25) is 0 Å². The molecule has 1 rings (SSSR count). The minimum Gasteiger partial charge on any atom is -0.370 e. The van der Waals surface area contributed by atoms with Crippen molar-refractivity contribution < 1.29 is 4.79 Å². The molecule has 0 saturated heterocycles. The smallest absolute Gasteiger partial charge is 0.251 e. The number of amides is 1. The Morgan fingerprint density at radius 2 is 2.00 bits per heavy atom. The molecular weight excluding hydrogens is 238 g/mol. The lowest BCUT2D eigenvalue weighted by Gasteiger charge is -2.24. The highest BCUT2D eigenvalue weighted by molar-refractivity contribution is 5.95. The molecular formula is C15H25N3O. The summed E-state index contributed by atoms with van der Waals surface area (Å²) in [4.78, 5) is 16.6. The van der Waals surface area contributed by atoms with Crippen LogP contribution in [0.4, 0.5) is 5.82 Å². The zero-order valence-corrected chi connectivity index (χ0v) is 12.6. The molecule has 1 heterocycles. The highest BCUT2D eigenvalue weighted by atomic mass is 16.1. The van der Waals surface area contributed by atoms with Crippen LogP contribution >= 0.6 is 0 Å². The van der Waals surface area contributed by atoms with E-state index < -0.39 is 0 Å². The summed E-state index contributed by atoms with van der Waals surface area (Å²) >= 11 is 0. The summed E-state index contributed by atoms with van der Waals surface area (Å²) in [5.74, 6) is 0.721. The summed E-state index contributed by atoms with van der Waals surface area (Å²) in [5, 5.41) is 6.25. The summed E-state index contributed by atoms with van der Waals surface area (Å²) in [6, 6.07) is 3.63. The third kappa shape index (κ3) is 4.89. The lowest BCUT2D eigenvalue weighted by Crippen LogP contribution is -2.42. The van der Waals surface area contributed by atoms with Gasteiger partial charge in [-0.2, -0.15) is 0 Å². The Bertz CT molecular complexity index is 441. The number of aryl methyl sites for hydroxylation is 1. The molecule has 1 amide bonds. The van der Waals surface area contributed by atoms with Crippen LogP contribution < -0.4 is 10.6 Å². The van der Waals surface area contributed by atoms with Gasteiger partial charge in [-0.3, -0.25) is 4.79 Å². The Morgan fingerprint density at radius 1 is 1.32 bits per heavy atom. The topological polar surface area (TPSA) is 54.0 Å². The summed E-state index contributed by atoms with van der Waals surface area (Å²) < 4.78 is 0. The Hall–Kier alpha value is -1.58. The summed E-state index contributed by atoms with van der Waals surface area (Å²) in [5.41, 5.74) is 1.32. The van der Waals surface area contributed by atoms with Gasteiger partial charge in [0, 0.05) is 23.3 Å². The molecule has 0 aliphatic rings. The second-order valence-electron chi connectivity index (χ2n) is 5.50. The van der Waals surface area contributed by atoms with E-state index in [4.69, 9.17) is 0 Å². The van der Waals surface area contributed by atoms with Crippen molar-refractivity contribution in [3.05, 3.63) is 23.4 Å². The van der Waals surface area contributed by atoms with Crippen molar-refractivity contribution >= 4 is 11.7 Å². The molecule has 0 radical (unpaired) electrons. The lowest BCUT2D eigenvalue weighted by atomic mass is 10.0. The lowest BCUT2D eigenvalue weighted by molar-refractivity contribution is 0.0911. The number of anilines is 1. The molecule has 0 spiro atoms. The molecule has 0 fully saturated rings. The van der Waals surface area contributed by atoms with Crippen LogP contribution in [0.1, 0.15) is 56.6 Å². The monoisotopic (exact) mass is 263 g/mol. The first-order valence-electron chi connectivity index (χ1n) is 6.93. The van der Waals surface area contributed by atoms with E-state index in [-0.39, 0.29) is 11.4 Å². The molecule has 0 aliphatic carbocycles. The average Bonchev–Trinajstić information content (AvgIpc) is 2.35. The van der Waals surface area contributed by atoms with Crippen LogP contribution in [0, 0.1) is 6.92 Å². The first kappa shape index (κ1) is 15.5. The van der Waals surface area contributed by atoms with Gasteiger partial charge < -0.3 is 10.6 Å². The zero-order chi connectivity index (χ0) is 14.5. The van der Waals surface area contributed by atoms with Gasteiger partial charge in [-0.05, 0) is 45.7 Å². The van der Waals surface area contributed by atoms with E-state index in [0.717, 1.165) is 30.9 Å². The molecule has 0 bridgehead atoms. The number of nitrogens with zero attached hydrogens (tertiary/aromatic N) is 1. The molecule has 0 saturated carbocycles. The Morgan fingerprint density at radius 3 is 2.58 bits per heavy atom. The minimum absolute atomic E-state index is 0.0445. The van der Waals surface area contributed by atoms with E-state index in [1.165, 1.54) is 0 Å². The molecule has 19 heavy (non-hydrogen) atoms. The molecule has 1 aromatic rings. The quantitative estimate of drug-likeness (QED) is 0.829. The fourth-order valence-corrected chi connectivity index (χ4v) is 1.61. The third-order valence-corrected chi connectivity index (χ3v) is 3.11. The van der Waals surface area contributed by atoms with E-state index in [0.29, 0.717) is 5.56 Å². The summed E-state index contributed by atoms with van der Waals surface area (Å²) in [6.07, 6.45) is 1.92. The number of carbonyl (C=O) groups excluding carboxylic acids is 1. The van der Waals surface area contributed by atoms with Gasteiger partial charge in [0.25, 0.3) is 5.91 Å². The number of rotatable bonds is 6. The Balaban J connectivity index is 2.87. The van der Waals surface area contributed by atoms with Crippen LogP contribution in [-0.4, -0.2) is 23.0 Å². The molecule has 4 heteroatoms. The maximum Gasteiger partial charge on any atom is 0.251 e. The second kappa shape index (κ2) is 6.55. The van der Waals surface area contributed by atoms with Crippen molar-refractivity contribution in [3.63, 3.8) is 0 Å². The molecule has 2 N–H and O–H groups in total. The SMILES string of the molecule is CCCNc1cc(C(=O)NC(C)(C)CC)cc(C)n1. The zero-order valence-electron chi connectivity index (χ0n) is 12.6.